The highest BCUT2D eigenvalue weighted by atomic mass is 32.2. The number of aromatic nitrogens is 1. The molecule has 0 bridgehead atoms. The molecule has 36 heavy (non-hydrogen) atoms. The van der Waals surface area contributed by atoms with Gasteiger partial charge in [0, 0.05) is 23.6 Å². The first-order valence-electron chi connectivity index (χ1n) is 11.4. The summed E-state index contributed by atoms with van der Waals surface area (Å²) in [4.78, 5) is 0. The maximum Gasteiger partial charge on any atom is 0.417 e. The van der Waals surface area contributed by atoms with Gasteiger partial charge in [-0.3, -0.25) is 0 Å². The highest BCUT2D eigenvalue weighted by Gasteiger charge is 2.46. The predicted octanol–water partition coefficient (Wildman–Crippen LogP) is 6.04. The van der Waals surface area contributed by atoms with Gasteiger partial charge in [-0.25, -0.2) is 21.9 Å². The lowest BCUT2D eigenvalue weighted by Gasteiger charge is -2.30. The van der Waals surface area contributed by atoms with Gasteiger partial charge in [-0.2, -0.15) is 13.2 Å². The van der Waals surface area contributed by atoms with E-state index in [0.29, 0.717) is 24.9 Å². The molecule has 0 unspecified atom stereocenters. The zero-order chi connectivity index (χ0) is 26.7. The minimum Gasteiger partial charge on any atom is -0.347 e. The summed E-state index contributed by atoms with van der Waals surface area (Å²) >= 11 is 0. The fourth-order valence-electron chi connectivity index (χ4n) is 4.33. The van der Waals surface area contributed by atoms with E-state index in [-0.39, 0.29) is 27.5 Å². The van der Waals surface area contributed by atoms with Crippen molar-refractivity contribution < 1.29 is 30.4 Å². The van der Waals surface area contributed by atoms with Gasteiger partial charge in [-0.05, 0) is 47.1 Å². The third-order valence-electron chi connectivity index (χ3n) is 6.13. The minimum atomic E-state index is -4.59. The molecule has 1 saturated carbocycles. The third kappa shape index (κ3) is 5.18. The van der Waals surface area contributed by atoms with Gasteiger partial charge < -0.3 is 4.57 Å². The van der Waals surface area contributed by atoms with E-state index in [2.05, 4.69) is 0 Å². The number of nitrogens with one attached hydrogen (secondary N) is 1. The number of halogens is 5. The summed E-state index contributed by atoms with van der Waals surface area (Å²) in [5.74, 6) is 0. The van der Waals surface area contributed by atoms with Crippen LogP contribution < -0.4 is 4.72 Å². The highest BCUT2D eigenvalue weighted by molar-refractivity contribution is 7.90. The fraction of sp³-hybridized carbons (Fsp3) is 0.440. The number of rotatable bonds is 7. The number of hydrogen-bond acceptors (Lipinski definition) is 2. The van der Waals surface area contributed by atoms with Crippen LogP contribution in [0.3, 0.4) is 0 Å². The van der Waals surface area contributed by atoms with Crippen molar-refractivity contribution in [1.82, 2.24) is 9.29 Å². The number of fused-ring (bicyclic) bond motifs is 1. The molecule has 0 aliphatic heterocycles. The maximum absolute atomic E-state index is 14.4. The quantitative estimate of drug-likeness (QED) is 0.303. The van der Waals surface area contributed by atoms with Gasteiger partial charge in [-0.15, -0.1) is 0 Å². The Morgan fingerprint density at radius 1 is 1.06 bits per heavy atom. The van der Waals surface area contributed by atoms with Crippen molar-refractivity contribution in [2.75, 3.05) is 0 Å². The summed E-state index contributed by atoms with van der Waals surface area (Å²) in [7, 11) is 1.99. The van der Waals surface area contributed by atoms with Crippen LogP contribution in [0.15, 0.2) is 48.7 Å². The maximum atomic E-state index is 14.4. The van der Waals surface area contributed by atoms with Gasteiger partial charge in [0.1, 0.15) is 7.85 Å². The minimum absolute atomic E-state index is 0.0562. The van der Waals surface area contributed by atoms with Crippen LogP contribution in [0.25, 0.3) is 22.0 Å². The van der Waals surface area contributed by atoms with E-state index in [1.807, 2.05) is 25.5 Å². The molecule has 1 aliphatic carbocycles. The van der Waals surface area contributed by atoms with E-state index in [1.54, 1.807) is 4.57 Å². The summed E-state index contributed by atoms with van der Waals surface area (Å²) in [5.41, 5.74) is -3.45. The van der Waals surface area contributed by atoms with Gasteiger partial charge in [0.2, 0.25) is 10.0 Å². The summed E-state index contributed by atoms with van der Waals surface area (Å²) in [6.45, 7) is 6.07. The number of sulfonamides is 1. The van der Waals surface area contributed by atoms with Crippen LogP contribution in [0.1, 0.15) is 44.7 Å². The van der Waals surface area contributed by atoms with E-state index in [9.17, 15) is 30.4 Å². The number of benzene rings is 2. The van der Waals surface area contributed by atoms with Gasteiger partial charge >= 0.3 is 6.18 Å². The van der Waals surface area contributed by atoms with E-state index < -0.39 is 38.9 Å². The Morgan fingerprint density at radius 3 is 2.25 bits per heavy atom. The smallest absolute Gasteiger partial charge is 0.347 e. The lowest BCUT2D eigenvalue weighted by molar-refractivity contribution is -0.137. The first-order valence-corrected chi connectivity index (χ1v) is 13.0. The Labute approximate surface area is 208 Å². The number of alkyl halides is 5. The van der Waals surface area contributed by atoms with Gasteiger partial charge in [0.05, 0.1) is 16.3 Å². The molecular weight excluding hydrogens is 498 g/mol. The fourth-order valence-corrected chi connectivity index (χ4v) is 5.92. The van der Waals surface area contributed by atoms with Crippen LogP contribution in [-0.2, 0) is 28.2 Å². The lowest BCUT2D eigenvalue weighted by atomic mass is 9.73. The van der Waals surface area contributed by atoms with Crippen molar-refractivity contribution in [2.24, 2.45) is 5.41 Å². The summed E-state index contributed by atoms with van der Waals surface area (Å²) in [5, 5.41) is -0.540. The molecule has 0 spiro atoms. The van der Waals surface area contributed by atoms with Crippen LogP contribution in [0, 0.1) is 5.41 Å². The molecule has 11 heteroatoms. The molecule has 1 fully saturated rings. The molecule has 4 nitrogen and oxygen atoms in total. The zero-order valence-corrected chi connectivity index (χ0v) is 20.9. The van der Waals surface area contributed by atoms with E-state index in [0.717, 1.165) is 6.07 Å². The van der Waals surface area contributed by atoms with Crippen LogP contribution in [-0.4, -0.2) is 32.5 Å². The molecular formula is C25H26BF5N2O2S. The third-order valence-corrected chi connectivity index (χ3v) is 8.11. The van der Waals surface area contributed by atoms with Crippen LogP contribution in [0.4, 0.5) is 22.0 Å². The average molecular weight is 524 g/mol. The van der Waals surface area contributed by atoms with Gasteiger partial charge in [0.25, 0.3) is 6.43 Å². The topological polar surface area (TPSA) is 51.1 Å². The van der Waals surface area contributed by atoms with Crippen LogP contribution >= 0.6 is 0 Å². The van der Waals surface area contributed by atoms with E-state index in [4.69, 9.17) is 7.85 Å². The first-order chi connectivity index (χ1) is 16.5. The molecule has 1 heterocycles. The lowest BCUT2D eigenvalue weighted by Crippen LogP contribution is -2.52. The molecule has 1 atom stereocenters. The van der Waals surface area contributed by atoms with Crippen LogP contribution in [0.2, 0.25) is 0 Å². The standard InChI is InChI=1S/C25H26BF5N2O2S/c1-23(2,3)14-33-13-20(24(26,22(27)28)32-36(34,35)16-9-10-16)18-11-8-15(12-21(18)33)17-6-4-5-7-19(17)25(29,30)31/h4-8,11-13,16,22,32H,9-10,14H2,1-3H3/t24-/m0/s1. The van der Waals surface area contributed by atoms with Crippen molar-refractivity contribution in [3.05, 3.63) is 59.8 Å². The van der Waals surface area contributed by atoms with E-state index >= 15 is 0 Å². The normalized spacial score (nSPS) is 17.0. The largest absolute Gasteiger partial charge is 0.417 e. The average Bonchev–Trinajstić information content (AvgIpc) is 3.56. The Kier molecular flexibility index (Phi) is 6.57. The first kappa shape index (κ1) is 26.7. The summed E-state index contributed by atoms with van der Waals surface area (Å²) < 4.78 is 98.6. The zero-order valence-electron chi connectivity index (χ0n) is 20.0. The Balaban J connectivity index is 1.93. The monoisotopic (exact) mass is 524 g/mol. The van der Waals surface area contributed by atoms with Crippen molar-refractivity contribution in [3.63, 3.8) is 0 Å². The molecule has 4 rings (SSSR count). The summed E-state index contributed by atoms with van der Waals surface area (Å²) in [6.07, 6.45) is -5.78. The molecule has 192 valence electrons. The molecule has 1 N–H and O–H groups in total. The number of hydrogen-bond donors (Lipinski definition) is 1. The summed E-state index contributed by atoms with van der Waals surface area (Å²) in [6, 6.07) is 9.42. The van der Waals surface area contributed by atoms with Crippen molar-refractivity contribution in [2.45, 2.75) is 63.4 Å². The molecule has 1 aromatic heterocycles. The molecule has 3 aromatic rings. The Morgan fingerprint density at radius 2 is 1.69 bits per heavy atom. The second-order valence-corrected chi connectivity index (χ2v) is 12.5. The van der Waals surface area contributed by atoms with Gasteiger partial charge in [0.15, 0.2) is 0 Å². The van der Waals surface area contributed by atoms with Gasteiger partial charge in [-0.1, -0.05) is 51.1 Å². The second-order valence-electron chi connectivity index (χ2n) is 10.5. The van der Waals surface area contributed by atoms with Crippen molar-refractivity contribution in [3.8, 4) is 11.1 Å². The molecule has 1 aliphatic rings. The molecule has 2 radical (unpaired) electrons. The Bertz CT molecular complexity index is 1390. The predicted molar refractivity (Wildman–Crippen MR) is 130 cm³/mol. The van der Waals surface area contributed by atoms with Crippen LogP contribution in [0.5, 0.6) is 0 Å². The second kappa shape index (κ2) is 8.87. The van der Waals surface area contributed by atoms with Crippen molar-refractivity contribution >= 4 is 28.8 Å². The number of nitrogens with zero attached hydrogens (tertiary/aromatic N) is 1. The Hall–Kier alpha value is -2.40. The highest BCUT2D eigenvalue weighted by Crippen LogP contribution is 2.41. The SMILES string of the molecule is [B][C@](NS(=O)(=O)C1CC1)(c1cn(CC(C)(C)C)c2cc(-c3ccccc3C(F)(F)F)ccc12)C(F)F. The van der Waals surface area contributed by atoms with E-state index in [1.165, 1.54) is 42.6 Å². The molecule has 0 amide bonds. The van der Waals surface area contributed by atoms with Crippen molar-refractivity contribution in [1.29, 1.82) is 0 Å². The molecule has 2 aromatic carbocycles. The molecule has 0 saturated heterocycles.